The first-order valence-corrected chi connectivity index (χ1v) is 6.04. The molecule has 0 atom stereocenters. The number of carbonyl (C=O) groups is 1. The van der Waals surface area contributed by atoms with Gasteiger partial charge >= 0.3 is 0 Å². The summed E-state index contributed by atoms with van der Waals surface area (Å²) in [5, 5.41) is 10.2. The number of anilines is 1. The average Bonchev–Trinajstić information content (AvgIpc) is 2.47. The molecular formula is C13H12ClN3O3. The largest absolute Gasteiger partial charge is 0.497 e. The number of rotatable bonds is 4. The van der Waals surface area contributed by atoms with Crippen molar-refractivity contribution in [2.24, 2.45) is 0 Å². The average molecular weight is 294 g/mol. The molecule has 1 N–H and O–H groups in total. The molecule has 1 aromatic heterocycles. The third-order valence-corrected chi connectivity index (χ3v) is 2.72. The van der Waals surface area contributed by atoms with Crippen molar-refractivity contribution in [2.75, 3.05) is 19.5 Å². The minimum absolute atomic E-state index is 0.152. The smallest absolute Gasteiger partial charge is 0.276 e. The van der Waals surface area contributed by atoms with Crippen LogP contribution >= 0.6 is 11.6 Å². The molecule has 0 unspecified atom stereocenters. The Kier molecular flexibility index (Phi) is 4.37. The molecule has 0 saturated heterocycles. The van der Waals surface area contributed by atoms with Crippen molar-refractivity contribution in [1.82, 2.24) is 10.2 Å². The molecular weight excluding hydrogens is 282 g/mol. The van der Waals surface area contributed by atoms with E-state index in [0.717, 1.165) is 0 Å². The second-order valence-electron chi connectivity index (χ2n) is 3.76. The summed E-state index contributed by atoms with van der Waals surface area (Å²) in [6, 6.07) is 8.06. The number of hydrogen-bond acceptors (Lipinski definition) is 5. The summed E-state index contributed by atoms with van der Waals surface area (Å²) in [6.45, 7) is 0. The number of amides is 1. The summed E-state index contributed by atoms with van der Waals surface area (Å²) in [7, 11) is 3.05. The van der Waals surface area contributed by atoms with Gasteiger partial charge in [0.15, 0.2) is 10.8 Å². The highest BCUT2D eigenvalue weighted by Gasteiger charge is 2.12. The van der Waals surface area contributed by atoms with Crippen molar-refractivity contribution >= 4 is 23.2 Å². The van der Waals surface area contributed by atoms with Gasteiger partial charge in [-0.05, 0) is 24.3 Å². The fraction of sp³-hybridized carbons (Fsp3) is 0.154. The monoisotopic (exact) mass is 293 g/mol. The molecule has 2 aromatic rings. The standard InChI is InChI=1S/C13H12ClN3O3/c1-19-8-3-5-11(20-2)10(7-8)15-13(18)9-4-6-12(14)17-16-9/h3-7H,1-2H3,(H,15,18). The minimum Gasteiger partial charge on any atom is -0.497 e. The number of halogens is 1. The normalized spacial score (nSPS) is 9.95. The van der Waals surface area contributed by atoms with E-state index in [0.29, 0.717) is 17.2 Å². The zero-order chi connectivity index (χ0) is 14.5. The fourth-order valence-corrected chi connectivity index (χ4v) is 1.64. The summed E-state index contributed by atoms with van der Waals surface area (Å²) in [4.78, 5) is 12.0. The van der Waals surface area contributed by atoms with Gasteiger partial charge in [-0.25, -0.2) is 0 Å². The SMILES string of the molecule is COc1ccc(OC)c(NC(=O)c2ccc(Cl)nn2)c1. The molecule has 0 aliphatic heterocycles. The van der Waals surface area contributed by atoms with E-state index in [1.54, 1.807) is 18.2 Å². The maximum absolute atomic E-state index is 12.0. The maximum atomic E-state index is 12.0. The van der Waals surface area contributed by atoms with Gasteiger partial charge in [0.05, 0.1) is 19.9 Å². The van der Waals surface area contributed by atoms with Crippen molar-refractivity contribution in [3.63, 3.8) is 0 Å². The molecule has 7 heteroatoms. The molecule has 0 saturated carbocycles. The summed E-state index contributed by atoms with van der Waals surface area (Å²) in [6.07, 6.45) is 0. The minimum atomic E-state index is -0.416. The molecule has 0 fully saturated rings. The summed E-state index contributed by atoms with van der Waals surface area (Å²) in [5.41, 5.74) is 0.632. The Morgan fingerprint density at radius 1 is 1.15 bits per heavy atom. The van der Waals surface area contributed by atoms with Crippen LogP contribution in [0.25, 0.3) is 0 Å². The number of carbonyl (C=O) groups excluding carboxylic acids is 1. The number of hydrogen-bond donors (Lipinski definition) is 1. The Bertz CT molecular complexity index is 617. The van der Waals surface area contributed by atoms with Gasteiger partial charge in [0, 0.05) is 6.07 Å². The molecule has 0 radical (unpaired) electrons. The van der Waals surface area contributed by atoms with Crippen molar-refractivity contribution < 1.29 is 14.3 Å². The van der Waals surface area contributed by atoms with Gasteiger partial charge in [0.2, 0.25) is 0 Å². The topological polar surface area (TPSA) is 73.3 Å². The number of nitrogens with zero attached hydrogens (tertiary/aromatic N) is 2. The molecule has 2 rings (SSSR count). The van der Waals surface area contributed by atoms with Crippen molar-refractivity contribution in [3.8, 4) is 11.5 Å². The van der Waals surface area contributed by atoms with Crippen LogP contribution in [0, 0.1) is 0 Å². The quantitative estimate of drug-likeness (QED) is 0.937. The Balaban J connectivity index is 2.24. The van der Waals surface area contributed by atoms with E-state index in [-0.39, 0.29) is 10.8 Å². The van der Waals surface area contributed by atoms with Gasteiger partial charge in [-0.2, -0.15) is 0 Å². The van der Waals surface area contributed by atoms with Gasteiger partial charge in [0.25, 0.3) is 5.91 Å². The second kappa shape index (κ2) is 6.21. The van der Waals surface area contributed by atoms with Crippen LogP contribution in [0.15, 0.2) is 30.3 Å². The molecule has 20 heavy (non-hydrogen) atoms. The van der Waals surface area contributed by atoms with Crippen LogP contribution in [0.1, 0.15) is 10.5 Å². The van der Waals surface area contributed by atoms with E-state index in [9.17, 15) is 4.79 Å². The molecule has 0 aliphatic rings. The molecule has 1 heterocycles. The number of nitrogens with one attached hydrogen (secondary N) is 1. The van der Waals surface area contributed by atoms with E-state index in [1.807, 2.05) is 0 Å². The number of ether oxygens (including phenoxy) is 2. The fourth-order valence-electron chi connectivity index (χ4n) is 1.54. The van der Waals surface area contributed by atoms with Crippen LogP contribution in [0.5, 0.6) is 11.5 Å². The van der Waals surface area contributed by atoms with Crippen LogP contribution in [-0.4, -0.2) is 30.3 Å². The van der Waals surface area contributed by atoms with Crippen LogP contribution in [0.3, 0.4) is 0 Å². The number of methoxy groups -OCH3 is 2. The zero-order valence-corrected chi connectivity index (χ0v) is 11.6. The first-order valence-electron chi connectivity index (χ1n) is 5.66. The third-order valence-electron chi connectivity index (χ3n) is 2.52. The van der Waals surface area contributed by atoms with Gasteiger partial charge in [-0.15, -0.1) is 10.2 Å². The van der Waals surface area contributed by atoms with Gasteiger partial charge in [-0.1, -0.05) is 11.6 Å². The Hall–Kier alpha value is -2.34. The Morgan fingerprint density at radius 3 is 2.55 bits per heavy atom. The van der Waals surface area contributed by atoms with Crippen LogP contribution < -0.4 is 14.8 Å². The van der Waals surface area contributed by atoms with E-state index < -0.39 is 5.91 Å². The number of aromatic nitrogens is 2. The lowest BCUT2D eigenvalue weighted by atomic mass is 10.2. The molecule has 0 bridgehead atoms. The summed E-state index contributed by atoms with van der Waals surface area (Å²) in [5.74, 6) is 0.699. The summed E-state index contributed by atoms with van der Waals surface area (Å²) < 4.78 is 10.3. The highest BCUT2D eigenvalue weighted by molar-refractivity contribution is 6.29. The van der Waals surface area contributed by atoms with Crippen LogP contribution in [0.2, 0.25) is 5.15 Å². The van der Waals surface area contributed by atoms with Crippen LogP contribution in [-0.2, 0) is 0 Å². The van der Waals surface area contributed by atoms with Crippen LogP contribution in [0.4, 0.5) is 5.69 Å². The molecule has 0 aliphatic carbocycles. The molecule has 1 amide bonds. The first kappa shape index (κ1) is 14.1. The molecule has 0 spiro atoms. The first-order chi connectivity index (χ1) is 9.63. The van der Waals surface area contributed by atoms with Gasteiger partial charge < -0.3 is 14.8 Å². The predicted molar refractivity (Wildman–Crippen MR) is 74.5 cm³/mol. The zero-order valence-electron chi connectivity index (χ0n) is 10.9. The van der Waals surface area contributed by atoms with E-state index in [2.05, 4.69) is 15.5 Å². The van der Waals surface area contributed by atoms with Gasteiger partial charge in [-0.3, -0.25) is 4.79 Å². The van der Waals surface area contributed by atoms with Crippen molar-refractivity contribution in [3.05, 3.63) is 41.2 Å². The second-order valence-corrected chi connectivity index (χ2v) is 4.15. The molecule has 1 aromatic carbocycles. The van der Waals surface area contributed by atoms with E-state index >= 15 is 0 Å². The predicted octanol–water partition coefficient (Wildman–Crippen LogP) is 2.40. The molecule has 104 valence electrons. The van der Waals surface area contributed by atoms with Crippen molar-refractivity contribution in [1.29, 1.82) is 0 Å². The third kappa shape index (κ3) is 3.16. The highest BCUT2D eigenvalue weighted by atomic mass is 35.5. The van der Waals surface area contributed by atoms with E-state index in [1.165, 1.54) is 26.4 Å². The lowest BCUT2D eigenvalue weighted by Crippen LogP contribution is -2.14. The lowest BCUT2D eigenvalue weighted by molar-refractivity contribution is 0.102. The Morgan fingerprint density at radius 2 is 1.95 bits per heavy atom. The lowest BCUT2D eigenvalue weighted by Gasteiger charge is -2.11. The van der Waals surface area contributed by atoms with Crippen molar-refractivity contribution in [2.45, 2.75) is 0 Å². The maximum Gasteiger partial charge on any atom is 0.276 e. The Labute approximate surface area is 120 Å². The van der Waals surface area contributed by atoms with E-state index in [4.69, 9.17) is 21.1 Å². The van der Waals surface area contributed by atoms with Gasteiger partial charge in [0.1, 0.15) is 11.5 Å². The summed E-state index contributed by atoms with van der Waals surface area (Å²) >= 11 is 5.62. The highest BCUT2D eigenvalue weighted by Crippen LogP contribution is 2.29. The number of benzene rings is 1. The molecule has 6 nitrogen and oxygen atoms in total.